The molecule has 44 heavy (non-hydrogen) atoms. The molecule has 0 unspecified atom stereocenters. The molecule has 3 rings (SSSR count). The lowest BCUT2D eigenvalue weighted by Gasteiger charge is -2.20. The number of carbonyl (C=O) groups excluding carboxylic acids is 1. The van der Waals surface area contributed by atoms with Gasteiger partial charge in [-0.3, -0.25) is 10.1 Å². The number of para-hydroxylation sites is 1. The standard InChI is InChI=1S/C34H42Cl2N2O5S/c1-5-7-9-11-16-42-23(4)25-14-13-15-26(31(25)43-17-12-10-8-6-2)30-21-44-34(37-30)38-32(39)24-19-28(35)27(29(36)20-24)18-22(3)33(40)41/h13-15,18-21,23H,5-12,16-17H2,1-4H3,(H,40,41)(H,37,38,39)/b22-18+/t23-/m0/s1. The van der Waals surface area contributed by atoms with Crippen LogP contribution in [0.15, 0.2) is 41.3 Å². The van der Waals surface area contributed by atoms with Crippen LogP contribution < -0.4 is 10.1 Å². The lowest BCUT2D eigenvalue weighted by Crippen LogP contribution is -2.12. The third-order valence-corrected chi connectivity index (χ3v) is 8.52. The number of hydrogen-bond acceptors (Lipinski definition) is 6. The van der Waals surface area contributed by atoms with E-state index in [1.165, 1.54) is 55.7 Å². The molecule has 2 N–H and O–H groups in total. The van der Waals surface area contributed by atoms with Gasteiger partial charge in [-0.25, -0.2) is 9.78 Å². The molecule has 1 amide bonds. The molecular formula is C34H42Cl2N2O5S. The summed E-state index contributed by atoms with van der Waals surface area (Å²) in [6.07, 6.45) is 10.2. The Bertz CT molecular complexity index is 1420. The van der Waals surface area contributed by atoms with Gasteiger partial charge < -0.3 is 14.6 Å². The predicted octanol–water partition coefficient (Wildman–Crippen LogP) is 10.5. The molecule has 10 heteroatoms. The SMILES string of the molecule is CCCCCCOc1c(-c2csc(NC(=O)c3cc(Cl)c(/C=C(\C)C(=O)O)c(Cl)c3)n2)cccc1[C@H](C)OCCCCCC. The van der Waals surface area contributed by atoms with E-state index in [1.54, 1.807) is 0 Å². The average molecular weight is 662 g/mol. The Morgan fingerprint density at radius 3 is 2.32 bits per heavy atom. The fourth-order valence-electron chi connectivity index (χ4n) is 4.58. The molecule has 0 saturated carbocycles. The number of nitrogens with one attached hydrogen (secondary N) is 1. The maximum atomic E-state index is 13.1. The normalized spacial score (nSPS) is 12.3. The first-order chi connectivity index (χ1) is 21.2. The van der Waals surface area contributed by atoms with Gasteiger partial charge in [0.05, 0.1) is 28.5 Å². The molecular weight excluding hydrogens is 619 g/mol. The summed E-state index contributed by atoms with van der Waals surface area (Å²) in [6, 6.07) is 8.91. The lowest BCUT2D eigenvalue weighted by atomic mass is 10.0. The van der Waals surface area contributed by atoms with Crippen molar-refractivity contribution in [3.63, 3.8) is 0 Å². The average Bonchev–Trinajstić information content (AvgIpc) is 3.46. The number of aliphatic carboxylic acids is 1. The van der Waals surface area contributed by atoms with Crippen LogP contribution in [0.5, 0.6) is 5.75 Å². The van der Waals surface area contributed by atoms with Gasteiger partial charge in [-0.15, -0.1) is 11.3 Å². The van der Waals surface area contributed by atoms with E-state index in [4.69, 9.17) is 37.7 Å². The summed E-state index contributed by atoms with van der Waals surface area (Å²) in [5.74, 6) is -0.767. The van der Waals surface area contributed by atoms with Crippen molar-refractivity contribution < 1.29 is 24.2 Å². The smallest absolute Gasteiger partial charge is 0.331 e. The second kappa shape index (κ2) is 18.2. The zero-order valence-electron chi connectivity index (χ0n) is 25.9. The van der Waals surface area contributed by atoms with Crippen LogP contribution in [-0.2, 0) is 9.53 Å². The molecule has 3 aromatic rings. The van der Waals surface area contributed by atoms with Crippen molar-refractivity contribution in [3.05, 3.63) is 68.0 Å². The van der Waals surface area contributed by atoms with Crippen LogP contribution in [-0.4, -0.2) is 35.2 Å². The molecule has 2 aromatic carbocycles. The molecule has 0 fully saturated rings. The fourth-order valence-corrected chi connectivity index (χ4v) is 5.88. The van der Waals surface area contributed by atoms with Crippen LogP contribution in [0.25, 0.3) is 17.3 Å². The molecule has 0 bridgehead atoms. The van der Waals surface area contributed by atoms with E-state index in [2.05, 4.69) is 26.1 Å². The van der Waals surface area contributed by atoms with Gasteiger partial charge in [-0.2, -0.15) is 0 Å². The van der Waals surface area contributed by atoms with E-state index in [0.717, 1.165) is 49.0 Å². The zero-order chi connectivity index (χ0) is 32.1. The van der Waals surface area contributed by atoms with Gasteiger partial charge in [0.25, 0.3) is 5.91 Å². The van der Waals surface area contributed by atoms with Crippen molar-refractivity contribution in [1.82, 2.24) is 4.98 Å². The van der Waals surface area contributed by atoms with Crippen molar-refractivity contribution in [1.29, 1.82) is 0 Å². The van der Waals surface area contributed by atoms with Gasteiger partial charge in [0, 0.05) is 39.8 Å². The van der Waals surface area contributed by atoms with Crippen molar-refractivity contribution in [2.24, 2.45) is 0 Å². The summed E-state index contributed by atoms with van der Waals surface area (Å²) in [7, 11) is 0. The monoisotopic (exact) mass is 660 g/mol. The summed E-state index contributed by atoms with van der Waals surface area (Å²) in [5.41, 5.74) is 3.14. The number of nitrogens with zero attached hydrogens (tertiary/aromatic N) is 1. The Morgan fingerprint density at radius 2 is 1.68 bits per heavy atom. The van der Waals surface area contributed by atoms with Crippen molar-refractivity contribution >= 4 is 57.6 Å². The first kappa shape index (κ1) is 35.6. The van der Waals surface area contributed by atoms with Crippen LogP contribution in [0.3, 0.4) is 0 Å². The molecule has 1 atom stereocenters. The Hall–Kier alpha value is -2.91. The summed E-state index contributed by atoms with van der Waals surface area (Å²) < 4.78 is 12.6. The minimum Gasteiger partial charge on any atom is -0.492 e. The van der Waals surface area contributed by atoms with Crippen LogP contribution in [0.4, 0.5) is 5.13 Å². The first-order valence-corrected chi connectivity index (χ1v) is 16.8. The highest BCUT2D eigenvalue weighted by molar-refractivity contribution is 7.14. The topological polar surface area (TPSA) is 97.8 Å². The molecule has 1 aromatic heterocycles. The Kier molecular flexibility index (Phi) is 14.7. The number of thiazole rings is 1. The van der Waals surface area contributed by atoms with E-state index < -0.39 is 11.9 Å². The summed E-state index contributed by atoms with van der Waals surface area (Å²) >= 11 is 14.0. The number of unbranched alkanes of at least 4 members (excludes halogenated alkanes) is 6. The van der Waals surface area contributed by atoms with Gasteiger partial charge in [0.15, 0.2) is 5.13 Å². The lowest BCUT2D eigenvalue weighted by molar-refractivity contribution is -0.132. The van der Waals surface area contributed by atoms with Crippen LogP contribution >= 0.6 is 34.5 Å². The number of amides is 1. The molecule has 238 valence electrons. The van der Waals surface area contributed by atoms with Crippen LogP contribution in [0.1, 0.15) is 107 Å². The van der Waals surface area contributed by atoms with E-state index >= 15 is 0 Å². The van der Waals surface area contributed by atoms with E-state index in [0.29, 0.717) is 29.6 Å². The maximum absolute atomic E-state index is 13.1. The zero-order valence-corrected chi connectivity index (χ0v) is 28.2. The second-order valence-electron chi connectivity index (χ2n) is 10.7. The molecule has 0 aliphatic rings. The van der Waals surface area contributed by atoms with Crippen molar-refractivity contribution in [3.8, 4) is 17.0 Å². The molecule has 1 heterocycles. The maximum Gasteiger partial charge on any atom is 0.331 e. The highest BCUT2D eigenvalue weighted by atomic mass is 35.5. The Morgan fingerprint density at radius 1 is 1.02 bits per heavy atom. The number of aromatic nitrogens is 1. The number of halogens is 2. The van der Waals surface area contributed by atoms with Gasteiger partial charge >= 0.3 is 5.97 Å². The first-order valence-electron chi connectivity index (χ1n) is 15.2. The van der Waals surface area contributed by atoms with Crippen LogP contribution in [0.2, 0.25) is 10.0 Å². The highest BCUT2D eigenvalue weighted by Gasteiger charge is 2.20. The summed E-state index contributed by atoms with van der Waals surface area (Å²) in [5, 5.41) is 14.6. The van der Waals surface area contributed by atoms with Gasteiger partial charge in [0.1, 0.15) is 5.75 Å². The molecule has 0 radical (unpaired) electrons. The number of hydrogen-bond donors (Lipinski definition) is 2. The van der Waals surface area contributed by atoms with Crippen LogP contribution in [0, 0.1) is 0 Å². The molecule has 0 aliphatic carbocycles. The number of rotatable bonds is 18. The molecule has 7 nitrogen and oxygen atoms in total. The third-order valence-electron chi connectivity index (χ3n) is 7.13. The quantitative estimate of drug-likeness (QED) is 0.104. The minimum atomic E-state index is -1.08. The summed E-state index contributed by atoms with van der Waals surface area (Å²) in [6.45, 7) is 9.16. The summed E-state index contributed by atoms with van der Waals surface area (Å²) in [4.78, 5) is 29.0. The number of ether oxygens (including phenoxy) is 2. The number of carboxylic acid groups (broad SMARTS) is 1. The fraction of sp³-hybridized carbons (Fsp3) is 0.441. The van der Waals surface area contributed by atoms with Gasteiger partial charge in [-0.1, -0.05) is 87.7 Å². The Labute approximate surface area is 274 Å². The predicted molar refractivity (Wildman–Crippen MR) is 181 cm³/mol. The third kappa shape index (κ3) is 10.3. The van der Waals surface area contributed by atoms with E-state index in [1.807, 2.05) is 23.6 Å². The second-order valence-corrected chi connectivity index (χ2v) is 12.4. The number of anilines is 1. The largest absolute Gasteiger partial charge is 0.492 e. The highest BCUT2D eigenvalue weighted by Crippen LogP contribution is 2.39. The Balaban J connectivity index is 1.82. The molecule has 0 saturated heterocycles. The number of carboxylic acids is 1. The number of benzene rings is 2. The van der Waals surface area contributed by atoms with Gasteiger partial charge in [0.2, 0.25) is 0 Å². The molecule has 0 aliphatic heterocycles. The van der Waals surface area contributed by atoms with E-state index in [9.17, 15) is 14.7 Å². The van der Waals surface area contributed by atoms with Gasteiger partial charge in [-0.05, 0) is 51.0 Å². The van der Waals surface area contributed by atoms with E-state index in [-0.39, 0.29) is 27.3 Å². The number of carbonyl (C=O) groups is 2. The van der Waals surface area contributed by atoms with Crippen molar-refractivity contribution in [2.45, 2.75) is 85.2 Å². The van der Waals surface area contributed by atoms with Crippen molar-refractivity contribution in [2.75, 3.05) is 18.5 Å². The minimum absolute atomic E-state index is 0.0719. The molecule has 0 spiro atoms.